The number of carbonyl (C=O) groups is 4. The Bertz CT molecular complexity index is 1660. The molecule has 0 radical (unpaired) electrons. The molecule has 0 aromatic heterocycles. The van der Waals surface area contributed by atoms with Crippen molar-refractivity contribution in [1.29, 1.82) is 0 Å². The molecular formula is C65H108O12. The number of unbranched alkanes of at least 4 members (excludes halogenated alkanes) is 23. The molecule has 0 aromatic rings. The van der Waals surface area contributed by atoms with E-state index in [0.29, 0.717) is 19.3 Å². The molecule has 3 N–H and O–H groups in total. The molecule has 0 saturated carbocycles. The van der Waals surface area contributed by atoms with Gasteiger partial charge in [-0.25, -0.2) is 4.79 Å². The van der Waals surface area contributed by atoms with Crippen LogP contribution in [0.15, 0.2) is 85.1 Å². The molecule has 0 bridgehead atoms. The van der Waals surface area contributed by atoms with Crippen molar-refractivity contribution in [3.05, 3.63) is 85.1 Å². The van der Waals surface area contributed by atoms with Gasteiger partial charge in [-0.3, -0.25) is 14.4 Å². The van der Waals surface area contributed by atoms with Gasteiger partial charge in [0.15, 0.2) is 24.6 Å². The predicted molar refractivity (Wildman–Crippen MR) is 312 cm³/mol. The molecule has 1 heterocycles. The number of aliphatic hydroxyl groups is 2. The average molecular weight is 1080 g/mol. The van der Waals surface area contributed by atoms with Crippen LogP contribution in [0, 0.1) is 0 Å². The predicted octanol–water partition coefficient (Wildman–Crippen LogP) is 15.9. The van der Waals surface area contributed by atoms with Gasteiger partial charge >= 0.3 is 23.9 Å². The number of hydrogen-bond acceptors (Lipinski definition) is 11. The number of esters is 3. The lowest BCUT2D eigenvalue weighted by Gasteiger charge is -2.40. The number of carbonyl (C=O) groups excluding carboxylic acids is 3. The topological polar surface area (TPSA) is 175 Å². The number of ether oxygens (including phenoxy) is 5. The first-order valence-electron chi connectivity index (χ1n) is 30.6. The van der Waals surface area contributed by atoms with Gasteiger partial charge in [-0.15, -0.1) is 0 Å². The molecule has 0 aromatic carbocycles. The molecule has 1 aliphatic rings. The Labute approximate surface area is 467 Å². The fourth-order valence-corrected chi connectivity index (χ4v) is 8.80. The van der Waals surface area contributed by atoms with Crippen LogP contribution in [-0.2, 0) is 42.9 Å². The van der Waals surface area contributed by atoms with Crippen LogP contribution in [0.4, 0.5) is 0 Å². The Hall–Kier alpha value is -4.10. The van der Waals surface area contributed by atoms with Crippen LogP contribution in [0.1, 0.15) is 252 Å². The molecule has 440 valence electrons. The van der Waals surface area contributed by atoms with Crippen LogP contribution in [0.5, 0.6) is 0 Å². The van der Waals surface area contributed by atoms with E-state index >= 15 is 0 Å². The summed E-state index contributed by atoms with van der Waals surface area (Å²) in [5.41, 5.74) is 0. The van der Waals surface area contributed by atoms with Crippen LogP contribution < -0.4 is 0 Å². The van der Waals surface area contributed by atoms with Crippen molar-refractivity contribution in [2.75, 3.05) is 13.2 Å². The van der Waals surface area contributed by atoms with Crippen molar-refractivity contribution in [3.8, 4) is 0 Å². The monoisotopic (exact) mass is 1080 g/mol. The van der Waals surface area contributed by atoms with E-state index in [4.69, 9.17) is 23.7 Å². The number of rotatable bonds is 51. The summed E-state index contributed by atoms with van der Waals surface area (Å²) >= 11 is 0. The van der Waals surface area contributed by atoms with Gasteiger partial charge in [-0.05, 0) is 109 Å². The lowest BCUT2D eigenvalue weighted by molar-refractivity contribution is -0.301. The van der Waals surface area contributed by atoms with Gasteiger partial charge in [-0.1, -0.05) is 209 Å². The third-order valence-corrected chi connectivity index (χ3v) is 13.4. The zero-order chi connectivity index (χ0) is 56.1. The molecule has 0 spiro atoms. The Morgan fingerprint density at radius 1 is 0.442 bits per heavy atom. The van der Waals surface area contributed by atoms with E-state index in [0.717, 1.165) is 128 Å². The first kappa shape index (κ1) is 70.9. The second kappa shape index (κ2) is 52.6. The molecule has 12 heteroatoms. The molecule has 6 unspecified atom stereocenters. The van der Waals surface area contributed by atoms with Crippen LogP contribution >= 0.6 is 0 Å². The van der Waals surface area contributed by atoms with Crippen LogP contribution in [0.2, 0.25) is 0 Å². The Kier molecular flexibility index (Phi) is 48.4. The number of allylic oxidation sites excluding steroid dienone is 14. The van der Waals surface area contributed by atoms with E-state index in [-0.39, 0.29) is 25.9 Å². The van der Waals surface area contributed by atoms with Crippen molar-refractivity contribution in [2.24, 2.45) is 0 Å². The highest BCUT2D eigenvalue weighted by Gasteiger charge is 2.50. The maximum Gasteiger partial charge on any atom is 0.335 e. The molecule has 77 heavy (non-hydrogen) atoms. The molecule has 1 rings (SSSR count). The third kappa shape index (κ3) is 42.5. The third-order valence-electron chi connectivity index (χ3n) is 13.4. The normalized spacial score (nSPS) is 18.6. The second-order valence-corrected chi connectivity index (χ2v) is 20.6. The smallest absolute Gasteiger partial charge is 0.335 e. The number of aliphatic carboxylic acids is 1. The molecule has 6 atom stereocenters. The van der Waals surface area contributed by atoms with E-state index in [2.05, 4.69) is 106 Å². The number of aliphatic hydroxyl groups excluding tert-OH is 2. The Morgan fingerprint density at radius 2 is 0.818 bits per heavy atom. The van der Waals surface area contributed by atoms with E-state index in [1.807, 2.05) is 0 Å². The number of carboxylic acids is 1. The van der Waals surface area contributed by atoms with Crippen molar-refractivity contribution in [3.63, 3.8) is 0 Å². The lowest BCUT2D eigenvalue weighted by atomic mass is 9.98. The number of hydrogen-bond donors (Lipinski definition) is 3. The molecule has 0 amide bonds. The molecule has 1 fully saturated rings. The van der Waals surface area contributed by atoms with Gasteiger partial charge in [0, 0.05) is 19.3 Å². The van der Waals surface area contributed by atoms with E-state index < -0.39 is 67.3 Å². The van der Waals surface area contributed by atoms with E-state index in [1.54, 1.807) is 0 Å². The summed E-state index contributed by atoms with van der Waals surface area (Å²) < 4.78 is 28.4. The molecule has 1 aliphatic heterocycles. The second-order valence-electron chi connectivity index (χ2n) is 20.6. The first-order valence-corrected chi connectivity index (χ1v) is 30.6. The van der Waals surface area contributed by atoms with Gasteiger partial charge in [-0.2, -0.15) is 0 Å². The van der Waals surface area contributed by atoms with Crippen molar-refractivity contribution in [2.45, 2.75) is 289 Å². The summed E-state index contributed by atoms with van der Waals surface area (Å²) in [6.07, 6.45) is 55.5. The maximum absolute atomic E-state index is 13.2. The zero-order valence-corrected chi connectivity index (χ0v) is 48.4. The van der Waals surface area contributed by atoms with Crippen molar-refractivity contribution >= 4 is 23.9 Å². The van der Waals surface area contributed by atoms with Gasteiger partial charge in [0.05, 0.1) is 6.61 Å². The summed E-state index contributed by atoms with van der Waals surface area (Å²) in [4.78, 5) is 51.2. The van der Waals surface area contributed by atoms with E-state index in [1.165, 1.54) is 64.2 Å². The highest BCUT2D eigenvalue weighted by molar-refractivity contribution is 5.74. The maximum atomic E-state index is 13.2. The Morgan fingerprint density at radius 3 is 1.27 bits per heavy atom. The van der Waals surface area contributed by atoms with Crippen LogP contribution in [0.25, 0.3) is 0 Å². The first-order chi connectivity index (χ1) is 37.6. The SMILES string of the molecule is CC/C=C\C/C=C\C/C=C\CCCCCCCCCC(=O)OCC(COC1OC(C(=O)O)C(O)C(O)C1OC(=O)CCCCC/C=C\C/C=C\C/C=C\CC)OC(=O)CCCCCCCCC/C=C\CCCCCCCC. The van der Waals surface area contributed by atoms with Crippen LogP contribution in [-0.4, -0.2) is 89.2 Å². The quantitative estimate of drug-likeness (QED) is 0.0228. The van der Waals surface area contributed by atoms with Crippen LogP contribution in [0.3, 0.4) is 0 Å². The fourth-order valence-electron chi connectivity index (χ4n) is 8.80. The largest absolute Gasteiger partial charge is 0.479 e. The summed E-state index contributed by atoms with van der Waals surface area (Å²) in [6, 6.07) is 0. The minimum absolute atomic E-state index is 0.0214. The van der Waals surface area contributed by atoms with Crippen molar-refractivity contribution < 1.29 is 58.2 Å². The summed E-state index contributed by atoms with van der Waals surface area (Å²) in [7, 11) is 0. The highest BCUT2D eigenvalue weighted by Crippen LogP contribution is 2.26. The fraction of sp³-hybridized carbons (Fsp3) is 0.723. The minimum Gasteiger partial charge on any atom is -0.479 e. The lowest BCUT2D eigenvalue weighted by Crippen LogP contribution is -2.61. The highest BCUT2D eigenvalue weighted by atomic mass is 16.7. The molecule has 12 nitrogen and oxygen atoms in total. The summed E-state index contributed by atoms with van der Waals surface area (Å²) in [6.45, 7) is 5.74. The average Bonchev–Trinajstić information content (AvgIpc) is 3.42. The summed E-state index contributed by atoms with van der Waals surface area (Å²) in [5, 5.41) is 31.5. The van der Waals surface area contributed by atoms with Gasteiger partial charge in [0.25, 0.3) is 0 Å². The molecular weight excluding hydrogens is 973 g/mol. The van der Waals surface area contributed by atoms with Gasteiger partial charge in [0.1, 0.15) is 18.8 Å². The number of carboxylic acid groups (broad SMARTS) is 1. The Balaban J connectivity index is 2.70. The standard InChI is InChI=1S/C65H108O12/c1-4-7-10-13-16-19-22-25-27-29-31-34-36-39-42-45-48-51-57(66)73-54-56(75-58(67)52-49-46-43-40-38-35-32-30-28-26-23-20-17-14-11-8-5-2)55-74-65-63(61(70)60(69)62(77-65)64(71)72)76-59(68)53-50-47-44-41-37-33-24-21-18-15-12-9-6-3/h7,9-10,12,16,18-19,21,25-28,33,37,56,60-63,65,69-70H,4-6,8,11,13-15,17,20,22-24,29-32,34-36,38-55H2,1-3H3,(H,71,72)/b10-7-,12-9-,19-16-,21-18-,27-25-,28-26-,37-33-. The van der Waals surface area contributed by atoms with Gasteiger partial charge in [0.2, 0.25) is 0 Å². The van der Waals surface area contributed by atoms with Gasteiger partial charge < -0.3 is 39.0 Å². The van der Waals surface area contributed by atoms with E-state index in [9.17, 15) is 34.5 Å². The minimum atomic E-state index is -1.92. The zero-order valence-electron chi connectivity index (χ0n) is 48.4. The van der Waals surface area contributed by atoms with Crippen molar-refractivity contribution in [1.82, 2.24) is 0 Å². The molecule has 1 saturated heterocycles. The molecule has 0 aliphatic carbocycles. The summed E-state index contributed by atoms with van der Waals surface area (Å²) in [5.74, 6) is -3.17.